The number of nitrogens with two attached hydrogens (primary N) is 1. The number of aromatic nitrogens is 2. The van der Waals surface area contributed by atoms with Crippen molar-refractivity contribution in [2.75, 3.05) is 37.6 Å². The first-order valence-electron chi connectivity index (χ1n) is 12.8. The van der Waals surface area contributed by atoms with E-state index in [1.54, 1.807) is 16.9 Å². The summed E-state index contributed by atoms with van der Waals surface area (Å²) in [6, 6.07) is 15.3. The Balaban J connectivity index is 1.53. The number of halogens is 3. The number of hydrogen-bond donors (Lipinski definition) is 1. The molecule has 1 unspecified atom stereocenters. The van der Waals surface area contributed by atoms with Crippen LogP contribution in [0, 0.1) is 0 Å². The molecule has 11 heteroatoms. The van der Waals surface area contributed by atoms with Crippen LogP contribution in [-0.4, -0.2) is 64.0 Å². The van der Waals surface area contributed by atoms with Gasteiger partial charge in [0, 0.05) is 44.5 Å². The van der Waals surface area contributed by atoms with Crippen LogP contribution in [0.4, 0.5) is 19.0 Å². The molecule has 0 bridgehead atoms. The SMILES string of the molecule is NC(=O)CN1CCN(Cc2ccccc2)CC1(C1=NCc2cnn3c2N1CC=C3)c1cccc(C(F)(F)F)c1. The molecule has 0 aliphatic carbocycles. The number of anilines is 1. The zero-order valence-electron chi connectivity index (χ0n) is 21.2. The maximum absolute atomic E-state index is 14.0. The smallest absolute Gasteiger partial charge is 0.369 e. The molecule has 0 spiro atoms. The minimum Gasteiger partial charge on any atom is -0.369 e. The molecule has 1 fully saturated rings. The van der Waals surface area contributed by atoms with Gasteiger partial charge in [-0.2, -0.15) is 18.3 Å². The fourth-order valence-electron chi connectivity index (χ4n) is 5.94. The molecule has 1 aromatic heterocycles. The lowest BCUT2D eigenvalue weighted by molar-refractivity contribution is -0.137. The van der Waals surface area contributed by atoms with E-state index in [9.17, 15) is 18.0 Å². The molecular formula is C28H28F3N7O. The van der Waals surface area contributed by atoms with Crippen molar-refractivity contribution in [1.82, 2.24) is 19.6 Å². The molecule has 8 nitrogen and oxygen atoms in total. The van der Waals surface area contributed by atoms with Crippen molar-refractivity contribution >= 4 is 23.8 Å². The first kappa shape index (κ1) is 25.3. The summed E-state index contributed by atoms with van der Waals surface area (Å²) < 4.78 is 43.7. The van der Waals surface area contributed by atoms with Gasteiger partial charge >= 0.3 is 6.18 Å². The van der Waals surface area contributed by atoms with Gasteiger partial charge in [-0.15, -0.1) is 0 Å². The highest BCUT2D eigenvalue weighted by Gasteiger charge is 2.52. The van der Waals surface area contributed by atoms with E-state index in [1.165, 1.54) is 12.1 Å². The Labute approximate surface area is 223 Å². The summed E-state index contributed by atoms with van der Waals surface area (Å²) in [7, 11) is 0. The van der Waals surface area contributed by atoms with Crippen LogP contribution in [0.15, 0.2) is 71.9 Å². The second-order valence-electron chi connectivity index (χ2n) is 10.1. The summed E-state index contributed by atoms with van der Waals surface area (Å²) in [5, 5.41) is 4.45. The van der Waals surface area contributed by atoms with Gasteiger partial charge in [0.25, 0.3) is 0 Å². The Morgan fingerprint density at radius 3 is 2.67 bits per heavy atom. The van der Waals surface area contributed by atoms with Crippen LogP contribution in [-0.2, 0) is 29.6 Å². The van der Waals surface area contributed by atoms with Gasteiger partial charge in [0.05, 0.1) is 24.8 Å². The Bertz CT molecular complexity index is 1450. The second kappa shape index (κ2) is 9.65. The number of primary amides is 1. The Morgan fingerprint density at radius 1 is 1.08 bits per heavy atom. The van der Waals surface area contributed by atoms with Crippen LogP contribution in [0.2, 0.25) is 0 Å². The second-order valence-corrected chi connectivity index (χ2v) is 10.1. The van der Waals surface area contributed by atoms with Gasteiger partial charge in [0.2, 0.25) is 5.91 Å². The fourth-order valence-corrected chi connectivity index (χ4v) is 5.94. The number of nitrogens with zero attached hydrogens (tertiary/aromatic N) is 6. The van der Waals surface area contributed by atoms with Crippen molar-refractivity contribution in [2.45, 2.75) is 24.8 Å². The fraction of sp³-hybridized carbons (Fsp3) is 0.321. The van der Waals surface area contributed by atoms with Crippen molar-refractivity contribution in [3.05, 3.63) is 89.1 Å². The Hall–Kier alpha value is -3.96. The molecule has 1 saturated heterocycles. The van der Waals surface area contributed by atoms with Gasteiger partial charge in [-0.3, -0.25) is 19.6 Å². The lowest BCUT2D eigenvalue weighted by atomic mass is 9.81. The molecule has 1 atom stereocenters. The number of carbonyl (C=O) groups is 1. The lowest BCUT2D eigenvalue weighted by Gasteiger charge is -2.53. The summed E-state index contributed by atoms with van der Waals surface area (Å²) in [6.45, 7) is 2.63. The first-order valence-corrected chi connectivity index (χ1v) is 12.8. The highest BCUT2D eigenvalue weighted by Crippen LogP contribution is 2.42. The summed E-state index contributed by atoms with van der Waals surface area (Å²) in [5.74, 6) is 0.871. The summed E-state index contributed by atoms with van der Waals surface area (Å²) in [5.41, 5.74) is 6.22. The molecule has 2 aromatic carbocycles. The van der Waals surface area contributed by atoms with Crippen molar-refractivity contribution in [3.8, 4) is 0 Å². The van der Waals surface area contributed by atoms with Crippen molar-refractivity contribution in [2.24, 2.45) is 10.7 Å². The van der Waals surface area contributed by atoms with Crippen LogP contribution in [0.1, 0.15) is 22.3 Å². The number of alkyl halides is 3. The zero-order valence-corrected chi connectivity index (χ0v) is 21.2. The quantitative estimate of drug-likeness (QED) is 0.524. The Morgan fingerprint density at radius 2 is 1.90 bits per heavy atom. The van der Waals surface area contributed by atoms with E-state index in [-0.39, 0.29) is 6.54 Å². The van der Waals surface area contributed by atoms with Gasteiger partial charge in [-0.25, -0.2) is 4.68 Å². The molecule has 1 amide bonds. The normalized spacial score (nSPS) is 21.5. The van der Waals surface area contributed by atoms with Crippen LogP contribution in [0.5, 0.6) is 0 Å². The molecule has 202 valence electrons. The van der Waals surface area contributed by atoms with Crippen molar-refractivity contribution in [3.63, 3.8) is 0 Å². The molecule has 0 saturated carbocycles. The number of amidine groups is 1. The Kier molecular flexibility index (Phi) is 6.27. The largest absolute Gasteiger partial charge is 0.416 e. The maximum Gasteiger partial charge on any atom is 0.416 e. The topological polar surface area (TPSA) is 83.0 Å². The number of carbonyl (C=O) groups excluding carboxylic acids is 1. The molecule has 2 N–H and O–H groups in total. The van der Waals surface area contributed by atoms with E-state index in [1.807, 2.05) is 52.4 Å². The highest BCUT2D eigenvalue weighted by molar-refractivity contribution is 6.07. The summed E-state index contributed by atoms with van der Waals surface area (Å²) >= 11 is 0. The highest BCUT2D eigenvalue weighted by atomic mass is 19.4. The molecule has 3 aliphatic heterocycles. The zero-order chi connectivity index (χ0) is 27.2. The number of amides is 1. The molecule has 3 aromatic rings. The van der Waals surface area contributed by atoms with Crippen molar-refractivity contribution in [1.29, 1.82) is 0 Å². The van der Waals surface area contributed by atoms with Crippen LogP contribution in [0.25, 0.3) is 6.20 Å². The standard InChI is InChI=1S/C28H28F3N7O/c29-28(30,31)23-9-4-8-22(14-23)27(26-33-15-21-16-34-38-11-5-10-37(26)25(21)38)19-35(12-13-36(27)18-24(32)39)17-20-6-2-1-3-7-20/h1-9,11,14,16H,10,12-13,15,17-19H2,(H2,32,39). The minimum atomic E-state index is -4.53. The number of benzene rings is 2. The molecule has 0 radical (unpaired) electrons. The van der Waals surface area contributed by atoms with E-state index in [2.05, 4.69) is 10.00 Å². The molecular weight excluding hydrogens is 507 g/mol. The number of aliphatic imine (C=N–C) groups is 1. The minimum absolute atomic E-state index is 0.121. The van der Waals surface area contributed by atoms with Crippen LogP contribution < -0.4 is 10.6 Å². The van der Waals surface area contributed by atoms with Gasteiger partial charge in [-0.1, -0.05) is 42.5 Å². The predicted molar refractivity (Wildman–Crippen MR) is 142 cm³/mol. The monoisotopic (exact) mass is 535 g/mol. The van der Waals surface area contributed by atoms with E-state index >= 15 is 0 Å². The average Bonchev–Trinajstić information content (AvgIpc) is 3.35. The van der Waals surface area contributed by atoms with E-state index in [0.29, 0.717) is 50.7 Å². The van der Waals surface area contributed by atoms with Gasteiger partial charge < -0.3 is 10.6 Å². The maximum atomic E-state index is 14.0. The van der Waals surface area contributed by atoms with E-state index in [4.69, 9.17) is 10.7 Å². The summed E-state index contributed by atoms with van der Waals surface area (Å²) in [4.78, 5) is 23.5. The lowest BCUT2D eigenvalue weighted by Crippen LogP contribution is -2.68. The number of piperazine rings is 1. The summed E-state index contributed by atoms with van der Waals surface area (Å²) in [6.07, 6.45) is 1.05. The number of hydrogen-bond acceptors (Lipinski definition) is 6. The third kappa shape index (κ3) is 4.51. The van der Waals surface area contributed by atoms with Gasteiger partial charge in [-0.05, 0) is 29.3 Å². The molecule has 6 rings (SSSR count). The van der Waals surface area contributed by atoms with Crippen molar-refractivity contribution < 1.29 is 18.0 Å². The number of rotatable bonds is 6. The third-order valence-electron chi connectivity index (χ3n) is 7.60. The molecule has 3 aliphatic rings. The first-order chi connectivity index (χ1) is 18.8. The van der Waals surface area contributed by atoms with Gasteiger partial charge in [0.15, 0.2) is 0 Å². The van der Waals surface area contributed by atoms with Crippen LogP contribution >= 0.6 is 0 Å². The van der Waals surface area contributed by atoms with E-state index < -0.39 is 23.2 Å². The third-order valence-corrected chi connectivity index (χ3v) is 7.60. The predicted octanol–water partition coefficient (Wildman–Crippen LogP) is 3.30. The molecule has 39 heavy (non-hydrogen) atoms. The van der Waals surface area contributed by atoms with E-state index in [0.717, 1.165) is 23.0 Å². The average molecular weight is 536 g/mol. The van der Waals surface area contributed by atoms with Crippen LogP contribution in [0.3, 0.4) is 0 Å². The van der Waals surface area contributed by atoms with Gasteiger partial charge in [0.1, 0.15) is 17.2 Å². The molecule has 4 heterocycles.